The third kappa shape index (κ3) is 34.1. The van der Waals surface area contributed by atoms with Crippen LogP contribution >= 0.6 is 0 Å². The van der Waals surface area contributed by atoms with Gasteiger partial charge in [0.2, 0.25) is 72.3 Å². The van der Waals surface area contributed by atoms with Crippen LogP contribution in [0.5, 0.6) is 0 Å². The zero-order chi connectivity index (χ0) is 98.7. The van der Waals surface area contributed by atoms with Crippen LogP contribution in [0.25, 0.3) is 21.8 Å². The Kier molecular flexibility index (Phi) is 41.8. The maximum Gasteiger partial charge on any atom is 0.408 e. The van der Waals surface area contributed by atoms with E-state index in [4.69, 9.17) is 23.7 Å². The van der Waals surface area contributed by atoms with Crippen molar-refractivity contribution in [3.05, 3.63) is 174 Å². The molecule has 0 aliphatic heterocycles. The summed E-state index contributed by atoms with van der Waals surface area (Å²) in [5.74, 6) is -4.29. The number of imidazole rings is 2. The highest BCUT2D eigenvalue weighted by atomic mass is 32.2. The van der Waals surface area contributed by atoms with Gasteiger partial charge >= 0.3 is 18.0 Å². The second-order valence-corrected chi connectivity index (χ2v) is 37.1. The van der Waals surface area contributed by atoms with Crippen LogP contribution in [0.15, 0.2) is 117 Å². The maximum atomic E-state index is 14.1. The van der Waals surface area contributed by atoms with Crippen molar-refractivity contribution >= 4 is 113 Å². The monoisotopic (exact) mass is 1920 g/mol. The van der Waals surface area contributed by atoms with Crippen LogP contribution in [0, 0.1) is 41.5 Å². The Balaban J connectivity index is 0.682. The van der Waals surface area contributed by atoms with E-state index in [1.165, 1.54) is 12.4 Å². The van der Waals surface area contributed by atoms with Crippen molar-refractivity contribution in [2.24, 2.45) is 14.1 Å². The number of aryl methyl sites for hydroxylation is 10. The molecule has 0 aliphatic carbocycles. The number of alkyl carbamates (subject to hydrolysis) is 1. The molecule has 4 atom stereocenters. The van der Waals surface area contributed by atoms with Crippen LogP contribution in [0.2, 0.25) is 0 Å². The van der Waals surface area contributed by atoms with Crippen molar-refractivity contribution in [3.8, 4) is 0 Å². The van der Waals surface area contributed by atoms with Crippen molar-refractivity contribution in [2.75, 3.05) is 104 Å². The predicted molar refractivity (Wildman–Crippen MR) is 505 cm³/mol. The Labute approximate surface area is 785 Å². The summed E-state index contributed by atoms with van der Waals surface area (Å²) < 4.78 is 93.1. The number of carbonyl (C=O) groups excluding carboxylic acids is 10. The fraction of sp³-hybridized carbons (Fsp3) is 0.500. The van der Waals surface area contributed by atoms with Gasteiger partial charge in [-0.05, 0) is 171 Å². The van der Waals surface area contributed by atoms with Gasteiger partial charge < -0.3 is 100 Å². The van der Waals surface area contributed by atoms with Gasteiger partial charge in [-0.1, -0.05) is 47.5 Å². The van der Waals surface area contributed by atoms with Gasteiger partial charge in [0.1, 0.15) is 35.0 Å². The number of sulfonamides is 2. The molecule has 8 amide bonds. The number of pyridine rings is 2. The summed E-state index contributed by atoms with van der Waals surface area (Å²) in [4.78, 5) is 168. The minimum absolute atomic E-state index is 0.0251. The average Bonchev–Trinajstić information content (AvgIpc) is 1.05. The van der Waals surface area contributed by atoms with Crippen LogP contribution < -0.4 is 78.8 Å². The van der Waals surface area contributed by atoms with Gasteiger partial charge in [-0.3, -0.25) is 58.1 Å². The van der Waals surface area contributed by atoms with E-state index in [1.807, 2.05) is 27.9 Å². The largest absolute Gasteiger partial charge is 0.468 e. The van der Waals surface area contributed by atoms with Crippen LogP contribution in [0.1, 0.15) is 163 Å². The third-order valence-electron chi connectivity index (χ3n) is 21.5. The molecule has 0 spiro atoms. The first-order chi connectivity index (χ1) is 64.1. The molecule has 0 saturated heterocycles. The minimum Gasteiger partial charge on any atom is -0.468 e. The number of carbonyl (C=O) groups is 10. The Hall–Kier alpha value is -12.5. The lowest BCUT2D eigenvalue weighted by Gasteiger charge is -2.27. The van der Waals surface area contributed by atoms with Crippen molar-refractivity contribution in [1.82, 2.24) is 85.5 Å². The van der Waals surface area contributed by atoms with Crippen molar-refractivity contribution in [2.45, 2.75) is 205 Å². The van der Waals surface area contributed by atoms with Gasteiger partial charge in [0.15, 0.2) is 0 Å². The Morgan fingerprint density at radius 3 is 1.18 bits per heavy atom. The molecule has 0 aliphatic rings. The fourth-order valence-corrected chi connectivity index (χ4v) is 18.3. The summed E-state index contributed by atoms with van der Waals surface area (Å²) in [6.45, 7) is 17.8. The van der Waals surface area contributed by atoms with Crippen molar-refractivity contribution in [1.29, 1.82) is 0 Å². The SMILES string of the molecule is COC(=O)[C@H](CNC(=O)c1cn(CCCNC(=O)CCC(=O)NCCCOCCCNC(=O)CCC(NC(=O)OC(C)(C)C)[C@@H](O)NCCCOCCCNC(=O)CCC(=O)NCCCn2cc(C(=O)NC[C@H](NS(=O)(=O)c3c(C)cc(C)cc3C)C(=O)OC)c(=O)c3ccc(CNc4nccn4C)cc32)c2cc(CNc3nccn3C)ccc2c1=O)NS(=O)(=O)c1c(C)cc(C)cc1C. The maximum absolute atomic E-state index is 14.1. The first-order valence-corrected chi connectivity index (χ1v) is 47.7. The zero-order valence-electron chi connectivity index (χ0n) is 78.9. The van der Waals surface area contributed by atoms with E-state index in [0.29, 0.717) is 117 Å². The highest BCUT2D eigenvalue weighted by Gasteiger charge is 2.34. The summed E-state index contributed by atoms with van der Waals surface area (Å²) in [6, 6.07) is 13.0. The topological polar surface area (TPSA) is 541 Å². The molecular weight excluding hydrogens is 1790 g/mol. The number of amides is 8. The quantitative estimate of drug-likeness (QED) is 0.0110. The normalized spacial score (nSPS) is 12.5. The predicted octanol–water partition coefficient (Wildman–Crippen LogP) is 4.15. The highest BCUT2D eigenvalue weighted by molar-refractivity contribution is 7.90. The number of anilines is 2. The number of nitrogens with zero attached hydrogens (tertiary/aromatic N) is 6. The lowest BCUT2D eigenvalue weighted by Crippen LogP contribution is -2.51. The van der Waals surface area contributed by atoms with E-state index >= 15 is 0 Å². The van der Waals surface area contributed by atoms with Gasteiger partial charge in [0.25, 0.3) is 11.8 Å². The molecule has 4 aromatic carbocycles. The standard InChI is InChI=1S/C92H129N19O22S2/c1-58-46-60(3)82(61(4)47-58)134(125,126)106-71(87(122)129-12)54-101-84(119)68-56-110(73-50-64(20-22-66(73)80(68)117)52-103-89-99-36-40-108(89)10)38-14-30-93-76(113)26-28-78(115)96-33-17-43-131-42-16-32-95-75(112)25-24-70(105-91(124)133-92(7,8)9)86(121)98-35-19-45-132-44-18-34-97-79(116)29-27-77(114)94-31-15-39-111-57-69(81(118)67-23-21-65(51-74(67)111)53-104-90-100-37-41-109(90)11)85(120)102-55-72(88(123)130-13)107-135(127,128)83-62(5)48-59(2)49-63(83)6/h20-23,36-37,40-41,46-51,56-57,70-72,86,98,106-107,121H,14-19,24-35,38-39,42-45,52-55H2,1-13H3,(H,93,113)(H,94,114)(H,95,112)(H,96,115)(H,97,116)(H,99,103)(H,100,104)(H,101,119)(H,102,120)(H,105,124)/t70?,71-,72-,86+/m0/s1. The van der Waals surface area contributed by atoms with E-state index < -0.39 is 104 Å². The number of aliphatic hydroxyl groups excluding tert-OH is 1. The number of ether oxygens (including phenoxy) is 5. The Bertz CT molecular complexity index is 5800. The van der Waals surface area contributed by atoms with Crippen LogP contribution in [0.4, 0.5) is 16.7 Å². The van der Waals surface area contributed by atoms with Gasteiger partial charge in [-0.15, -0.1) is 0 Å². The van der Waals surface area contributed by atoms with E-state index in [9.17, 15) is 79.5 Å². The molecule has 736 valence electrons. The molecule has 1 unspecified atom stereocenters. The summed E-state index contributed by atoms with van der Waals surface area (Å²) >= 11 is 0. The lowest BCUT2D eigenvalue weighted by atomic mass is 10.1. The van der Waals surface area contributed by atoms with Gasteiger partial charge in [-0.25, -0.2) is 31.6 Å². The molecule has 0 radical (unpaired) electrons. The number of hydrogen-bond donors (Lipinski definition) is 14. The molecule has 0 bridgehead atoms. The van der Waals surface area contributed by atoms with E-state index in [-0.39, 0.29) is 159 Å². The molecular formula is C92H129N19O22S2. The second kappa shape index (κ2) is 52.4. The minimum atomic E-state index is -4.31. The van der Waals surface area contributed by atoms with Gasteiger partial charge in [0, 0.05) is 193 Å². The number of methoxy groups -OCH3 is 2. The lowest BCUT2D eigenvalue weighted by molar-refractivity contribution is -0.143. The number of aromatic nitrogens is 6. The molecule has 43 heteroatoms. The summed E-state index contributed by atoms with van der Waals surface area (Å²) in [5.41, 5.74) is 3.34. The van der Waals surface area contributed by atoms with Crippen molar-refractivity contribution < 1.29 is 93.6 Å². The first kappa shape index (κ1) is 108. The Morgan fingerprint density at radius 2 is 0.830 bits per heavy atom. The van der Waals surface area contributed by atoms with E-state index in [2.05, 4.69) is 77.9 Å². The second-order valence-electron chi connectivity index (χ2n) is 33.8. The number of benzene rings is 4. The first-order valence-electron chi connectivity index (χ1n) is 44.7. The molecule has 0 saturated carbocycles. The summed E-state index contributed by atoms with van der Waals surface area (Å²) in [7, 11) is -2.81. The van der Waals surface area contributed by atoms with Gasteiger partial charge in [0.05, 0.1) is 41.1 Å². The van der Waals surface area contributed by atoms with Gasteiger partial charge in [-0.2, -0.15) is 9.44 Å². The molecule has 135 heavy (non-hydrogen) atoms. The number of esters is 2. The number of hydrogen-bond acceptors (Lipinski definition) is 27. The number of nitrogens with one attached hydrogen (secondary N) is 13. The molecule has 0 fully saturated rings. The number of rotatable bonds is 56. The Morgan fingerprint density at radius 1 is 0.474 bits per heavy atom. The molecule has 41 nitrogen and oxygen atoms in total. The summed E-state index contributed by atoms with van der Waals surface area (Å²) in [6.07, 6.45) is 9.64. The van der Waals surface area contributed by atoms with E-state index in [1.54, 1.807) is 152 Å². The fourth-order valence-electron chi connectivity index (χ4n) is 15.0. The number of aliphatic hydroxyl groups is 1. The molecule has 4 heterocycles. The van der Waals surface area contributed by atoms with Crippen LogP contribution in [-0.2, 0) is 118 Å². The zero-order valence-corrected chi connectivity index (χ0v) is 80.5. The van der Waals surface area contributed by atoms with Crippen LogP contribution in [0.3, 0.4) is 0 Å². The molecule has 14 N–H and O–H groups in total. The summed E-state index contributed by atoms with van der Waals surface area (Å²) in [5, 5.41) is 42.8. The smallest absolute Gasteiger partial charge is 0.408 e. The third-order valence-corrected chi connectivity index (χ3v) is 25.0. The molecule has 4 aromatic heterocycles. The average molecular weight is 1920 g/mol. The number of fused-ring (bicyclic) bond motifs is 2. The molecule has 8 aromatic rings. The van der Waals surface area contributed by atoms with E-state index in [0.717, 1.165) is 36.5 Å². The highest BCUT2D eigenvalue weighted by Crippen LogP contribution is 2.26. The molecule has 8 rings (SSSR count). The van der Waals surface area contributed by atoms with Crippen molar-refractivity contribution in [3.63, 3.8) is 0 Å². The van der Waals surface area contributed by atoms with Crippen LogP contribution in [-0.4, -0.2) is 233 Å².